The molecule has 0 aliphatic heterocycles. The van der Waals surface area contributed by atoms with E-state index in [1.807, 2.05) is 19.1 Å². The summed E-state index contributed by atoms with van der Waals surface area (Å²) in [5.41, 5.74) is 0.858. The Hall–Kier alpha value is -1.33. The Morgan fingerprint density at radius 2 is 2.15 bits per heavy atom. The molecule has 0 aliphatic rings. The average Bonchev–Trinajstić information content (AvgIpc) is 2.44. The molecule has 0 bridgehead atoms. The minimum atomic E-state index is 0.499. The van der Waals surface area contributed by atoms with Crippen LogP contribution in [-0.4, -0.2) is 16.5 Å². The molecule has 4 nitrogen and oxygen atoms in total. The molecule has 0 unspecified atom stereocenters. The van der Waals surface area contributed by atoms with Gasteiger partial charge in [-0.15, -0.1) is 0 Å². The summed E-state index contributed by atoms with van der Waals surface area (Å²) in [5, 5.41) is 3.78. The van der Waals surface area contributed by atoms with Crippen molar-refractivity contribution < 1.29 is 4.74 Å². The van der Waals surface area contributed by atoms with Crippen LogP contribution in [0.1, 0.15) is 18.9 Å². The molecule has 2 aromatic rings. The van der Waals surface area contributed by atoms with Crippen LogP contribution >= 0.6 is 27.5 Å². The van der Waals surface area contributed by atoms with E-state index in [0.717, 1.165) is 28.8 Å². The van der Waals surface area contributed by atoms with Crippen LogP contribution in [-0.2, 0) is 0 Å². The molecule has 1 aromatic heterocycles. The van der Waals surface area contributed by atoms with Crippen molar-refractivity contribution in [3.63, 3.8) is 0 Å². The van der Waals surface area contributed by atoms with Crippen LogP contribution in [0.3, 0.4) is 0 Å². The predicted octanol–water partition coefficient (Wildman–Crippen LogP) is 4.82. The fourth-order valence-corrected chi connectivity index (χ4v) is 2.11. The first-order valence-electron chi connectivity index (χ1n) is 6.30. The van der Waals surface area contributed by atoms with Crippen molar-refractivity contribution in [2.45, 2.75) is 20.3 Å². The topological polar surface area (TPSA) is 47.0 Å². The van der Waals surface area contributed by atoms with Crippen LogP contribution in [0.15, 0.2) is 29.0 Å². The molecule has 0 atom stereocenters. The molecule has 0 spiro atoms. The Morgan fingerprint density at radius 3 is 2.90 bits per heavy atom. The molecule has 0 amide bonds. The van der Waals surface area contributed by atoms with E-state index in [1.165, 1.54) is 6.33 Å². The monoisotopic (exact) mass is 355 g/mol. The minimum Gasteiger partial charge on any atom is -0.437 e. The van der Waals surface area contributed by atoms with Crippen molar-refractivity contribution in [3.8, 4) is 11.6 Å². The Balaban J connectivity index is 2.27. The summed E-state index contributed by atoms with van der Waals surface area (Å²) in [7, 11) is 0. The molecule has 0 saturated carbocycles. The van der Waals surface area contributed by atoms with Crippen LogP contribution in [0, 0.1) is 6.92 Å². The average molecular weight is 357 g/mol. The van der Waals surface area contributed by atoms with Gasteiger partial charge in [0, 0.05) is 11.0 Å². The van der Waals surface area contributed by atoms with Crippen LogP contribution in [0.4, 0.5) is 5.82 Å². The number of hydrogen-bond donors (Lipinski definition) is 1. The number of anilines is 1. The fourth-order valence-electron chi connectivity index (χ4n) is 1.62. The van der Waals surface area contributed by atoms with Crippen molar-refractivity contribution >= 4 is 33.3 Å². The highest BCUT2D eigenvalue weighted by Crippen LogP contribution is 2.33. The standard InChI is InChI=1S/C14H15BrClN3O/c1-3-6-17-13-9(2)14(19-8-18-13)20-12-7-10(15)4-5-11(12)16/h4-5,7-8H,3,6H2,1-2H3,(H,17,18,19). The Morgan fingerprint density at radius 1 is 1.35 bits per heavy atom. The second-order valence-corrected chi connectivity index (χ2v) is 5.58. The van der Waals surface area contributed by atoms with Gasteiger partial charge in [0.25, 0.3) is 0 Å². The van der Waals surface area contributed by atoms with Crippen LogP contribution < -0.4 is 10.1 Å². The Kier molecular flexibility index (Phi) is 5.20. The second-order valence-electron chi connectivity index (χ2n) is 4.26. The lowest BCUT2D eigenvalue weighted by atomic mass is 10.3. The molecule has 1 N–H and O–H groups in total. The summed E-state index contributed by atoms with van der Waals surface area (Å²) in [6.07, 6.45) is 2.50. The highest BCUT2D eigenvalue weighted by molar-refractivity contribution is 9.10. The number of nitrogens with one attached hydrogen (secondary N) is 1. The van der Waals surface area contributed by atoms with Gasteiger partial charge < -0.3 is 10.1 Å². The minimum absolute atomic E-state index is 0.499. The maximum absolute atomic E-state index is 6.12. The van der Waals surface area contributed by atoms with Gasteiger partial charge in [0.2, 0.25) is 5.88 Å². The molecule has 1 aromatic carbocycles. The summed E-state index contributed by atoms with van der Waals surface area (Å²) < 4.78 is 6.68. The van der Waals surface area contributed by atoms with E-state index in [1.54, 1.807) is 6.07 Å². The van der Waals surface area contributed by atoms with E-state index < -0.39 is 0 Å². The van der Waals surface area contributed by atoms with Gasteiger partial charge in [-0.1, -0.05) is 34.5 Å². The van der Waals surface area contributed by atoms with E-state index in [0.29, 0.717) is 16.7 Å². The number of nitrogens with zero attached hydrogens (tertiary/aromatic N) is 2. The van der Waals surface area contributed by atoms with Crippen molar-refractivity contribution in [1.82, 2.24) is 9.97 Å². The molecule has 2 rings (SSSR count). The number of benzene rings is 1. The third-order valence-electron chi connectivity index (χ3n) is 2.68. The van der Waals surface area contributed by atoms with Crippen LogP contribution in [0.25, 0.3) is 0 Å². The first-order valence-corrected chi connectivity index (χ1v) is 7.47. The maximum atomic E-state index is 6.12. The van der Waals surface area contributed by atoms with Crippen LogP contribution in [0.5, 0.6) is 11.6 Å². The number of rotatable bonds is 5. The van der Waals surface area contributed by atoms with Gasteiger partial charge >= 0.3 is 0 Å². The molecule has 0 radical (unpaired) electrons. The molecule has 6 heteroatoms. The van der Waals surface area contributed by atoms with Crippen LogP contribution in [0.2, 0.25) is 5.02 Å². The quantitative estimate of drug-likeness (QED) is 0.834. The molecular weight excluding hydrogens is 342 g/mol. The fraction of sp³-hybridized carbons (Fsp3) is 0.286. The summed E-state index contributed by atoms with van der Waals surface area (Å²) >= 11 is 9.51. The number of hydrogen-bond acceptors (Lipinski definition) is 4. The van der Waals surface area contributed by atoms with Gasteiger partial charge in [-0.3, -0.25) is 0 Å². The van der Waals surface area contributed by atoms with Crippen molar-refractivity contribution in [2.75, 3.05) is 11.9 Å². The SMILES string of the molecule is CCCNc1ncnc(Oc2cc(Br)ccc2Cl)c1C. The van der Waals surface area contributed by atoms with E-state index >= 15 is 0 Å². The van der Waals surface area contributed by atoms with Crippen molar-refractivity contribution in [2.24, 2.45) is 0 Å². The molecule has 106 valence electrons. The largest absolute Gasteiger partial charge is 0.437 e. The third kappa shape index (κ3) is 3.61. The summed E-state index contributed by atoms with van der Waals surface area (Å²) in [6.45, 7) is 4.87. The maximum Gasteiger partial charge on any atom is 0.227 e. The highest BCUT2D eigenvalue weighted by atomic mass is 79.9. The van der Waals surface area contributed by atoms with Gasteiger partial charge in [0.1, 0.15) is 17.9 Å². The molecule has 0 fully saturated rings. The zero-order chi connectivity index (χ0) is 14.5. The predicted molar refractivity (Wildman–Crippen MR) is 84.8 cm³/mol. The van der Waals surface area contributed by atoms with Gasteiger partial charge in [0.15, 0.2) is 0 Å². The highest BCUT2D eigenvalue weighted by Gasteiger charge is 2.11. The summed E-state index contributed by atoms with van der Waals surface area (Å²) in [5.74, 6) is 1.84. The molecule has 0 saturated heterocycles. The van der Waals surface area contributed by atoms with Crippen molar-refractivity contribution in [1.29, 1.82) is 0 Å². The van der Waals surface area contributed by atoms with Gasteiger partial charge in [-0.05, 0) is 31.5 Å². The zero-order valence-electron chi connectivity index (χ0n) is 11.3. The normalized spacial score (nSPS) is 10.4. The van der Waals surface area contributed by atoms with Gasteiger partial charge in [0.05, 0.1) is 10.6 Å². The van der Waals surface area contributed by atoms with E-state index in [-0.39, 0.29) is 0 Å². The number of aromatic nitrogens is 2. The van der Waals surface area contributed by atoms with E-state index in [4.69, 9.17) is 16.3 Å². The molecule has 20 heavy (non-hydrogen) atoms. The summed E-state index contributed by atoms with van der Waals surface area (Å²) in [4.78, 5) is 8.38. The molecule has 1 heterocycles. The van der Waals surface area contributed by atoms with Gasteiger partial charge in [-0.2, -0.15) is 0 Å². The molecular formula is C14H15BrClN3O. The Bertz CT molecular complexity index is 607. The first-order chi connectivity index (χ1) is 9.61. The smallest absolute Gasteiger partial charge is 0.227 e. The lowest BCUT2D eigenvalue weighted by molar-refractivity contribution is 0.457. The van der Waals surface area contributed by atoms with Gasteiger partial charge in [-0.25, -0.2) is 9.97 Å². The lowest BCUT2D eigenvalue weighted by Crippen LogP contribution is -2.05. The lowest BCUT2D eigenvalue weighted by Gasteiger charge is -2.12. The summed E-state index contributed by atoms with van der Waals surface area (Å²) in [6, 6.07) is 5.44. The van der Waals surface area contributed by atoms with E-state index in [2.05, 4.69) is 38.1 Å². The second kappa shape index (κ2) is 6.90. The van der Waals surface area contributed by atoms with Crippen molar-refractivity contribution in [3.05, 3.63) is 39.6 Å². The Labute approximate surface area is 131 Å². The zero-order valence-corrected chi connectivity index (χ0v) is 13.6. The molecule has 0 aliphatic carbocycles. The third-order valence-corrected chi connectivity index (χ3v) is 3.49. The first kappa shape index (κ1) is 15.1. The number of ether oxygens (including phenoxy) is 1. The number of halogens is 2. The van der Waals surface area contributed by atoms with E-state index in [9.17, 15) is 0 Å².